The van der Waals surface area contributed by atoms with E-state index in [9.17, 15) is 10.2 Å². The minimum Gasteiger partial charge on any atom is -0.507 e. The summed E-state index contributed by atoms with van der Waals surface area (Å²) in [5, 5.41) is 20.6. The first-order valence-corrected chi connectivity index (χ1v) is 7.16. The maximum absolute atomic E-state index is 10.1. The number of aromatic hydroxyl groups is 2. The quantitative estimate of drug-likeness (QED) is 0.708. The molecular weight excluding hydrogens is 312 g/mol. The standard InChI is InChI=1S/C18H16O6/c1-21-11-7-13(19)12-9-17(23-3)18(24-16(12)8-11)10-4-5-15(22-2)14(20)6-10/h4-9H,1-3H3,(H-,19,20)/p+1. The van der Waals surface area contributed by atoms with Crippen LogP contribution in [0.15, 0.2) is 40.8 Å². The van der Waals surface area contributed by atoms with Gasteiger partial charge in [0.05, 0.1) is 33.0 Å². The highest BCUT2D eigenvalue weighted by atomic mass is 16.5. The summed E-state index contributed by atoms with van der Waals surface area (Å²) in [7, 11) is 4.49. The van der Waals surface area contributed by atoms with E-state index in [1.807, 2.05) is 0 Å². The Hall–Kier alpha value is -3.15. The minimum atomic E-state index is -0.0131. The van der Waals surface area contributed by atoms with Crippen molar-refractivity contribution in [1.82, 2.24) is 0 Å². The molecule has 3 rings (SSSR count). The van der Waals surface area contributed by atoms with E-state index < -0.39 is 0 Å². The summed E-state index contributed by atoms with van der Waals surface area (Å²) in [5.41, 5.74) is 1.03. The van der Waals surface area contributed by atoms with Crippen molar-refractivity contribution in [1.29, 1.82) is 0 Å². The van der Waals surface area contributed by atoms with Crippen LogP contribution in [0.5, 0.6) is 28.7 Å². The molecular formula is C18H17O6+. The highest BCUT2D eigenvalue weighted by Crippen LogP contribution is 2.41. The van der Waals surface area contributed by atoms with Crippen molar-refractivity contribution in [2.24, 2.45) is 0 Å². The number of ether oxygens (including phenoxy) is 3. The van der Waals surface area contributed by atoms with Crippen LogP contribution in [0.25, 0.3) is 22.3 Å². The highest BCUT2D eigenvalue weighted by Gasteiger charge is 2.25. The van der Waals surface area contributed by atoms with Gasteiger partial charge in [0, 0.05) is 18.2 Å². The Morgan fingerprint density at radius 1 is 0.792 bits per heavy atom. The Morgan fingerprint density at radius 2 is 1.54 bits per heavy atom. The summed E-state index contributed by atoms with van der Waals surface area (Å²) in [4.78, 5) is 0. The lowest BCUT2D eigenvalue weighted by atomic mass is 10.1. The third-order valence-electron chi connectivity index (χ3n) is 3.70. The van der Waals surface area contributed by atoms with Gasteiger partial charge in [0.1, 0.15) is 16.9 Å². The Bertz CT molecular complexity index is 904. The molecule has 0 amide bonds. The fraction of sp³-hybridized carbons (Fsp3) is 0.167. The Kier molecular flexibility index (Phi) is 4.04. The average Bonchev–Trinajstić information content (AvgIpc) is 2.60. The van der Waals surface area contributed by atoms with E-state index in [2.05, 4.69) is 0 Å². The van der Waals surface area contributed by atoms with E-state index in [1.54, 1.807) is 24.3 Å². The van der Waals surface area contributed by atoms with Gasteiger partial charge in [0.15, 0.2) is 11.5 Å². The molecule has 24 heavy (non-hydrogen) atoms. The second-order valence-corrected chi connectivity index (χ2v) is 5.09. The fourth-order valence-corrected chi connectivity index (χ4v) is 2.48. The smallest absolute Gasteiger partial charge is 0.402 e. The van der Waals surface area contributed by atoms with Crippen LogP contribution in [0.1, 0.15) is 0 Å². The second kappa shape index (κ2) is 6.16. The van der Waals surface area contributed by atoms with Crippen molar-refractivity contribution in [3.63, 3.8) is 0 Å². The molecule has 2 N–H and O–H groups in total. The zero-order valence-electron chi connectivity index (χ0n) is 13.5. The number of phenols is 2. The zero-order chi connectivity index (χ0) is 17.3. The van der Waals surface area contributed by atoms with Crippen LogP contribution >= 0.6 is 0 Å². The molecule has 6 heteroatoms. The molecule has 0 aliphatic rings. The third-order valence-corrected chi connectivity index (χ3v) is 3.70. The van der Waals surface area contributed by atoms with E-state index in [4.69, 9.17) is 18.6 Å². The van der Waals surface area contributed by atoms with Crippen LogP contribution in [0.4, 0.5) is 0 Å². The largest absolute Gasteiger partial charge is 0.507 e. The molecule has 6 nitrogen and oxygen atoms in total. The van der Waals surface area contributed by atoms with Crippen molar-refractivity contribution >= 4 is 11.0 Å². The van der Waals surface area contributed by atoms with Crippen molar-refractivity contribution in [2.45, 2.75) is 0 Å². The van der Waals surface area contributed by atoms with Crippen LogP contribution in [-0.4, -0.2) is 31.5 Å². The number of fused-ring (bicyclic) bond motifs is 1. The van der Waals surface area contributed by atoms with Crippen molar-refractivity contribution in [3.8, 4) is 40.1 Å². The highest BCUT2D eigenvalue weighted by molar-refractivity contribution is 5.88. The number of hydrogen-bond donors (Lipinski definition) is 2. The molecule has 0 saturated carbocycles. The molecule has 0 aliphatic heterocycles. The molecule has 0 fully saturated rings. The van der Waals surface area contributed by atoms with Crippen LogP contribution in [0.2, 0.25) is 0 Å². The Morgan fingerprint density at radius 3 is 2.17 bits per heavy atom. The van der Waals surface area contributed by atoms with Gasteiger partial charge in [-0.1, -0.05) is 0 Å². The normalized spacial score (nSPS) is 10.6. The summed E-state index contributed by atoms with van der Waals surface area (Å²) < 4.78 is 21.5. The lowest BCUT2D eigenvalue weighted by Crippen LogP contribution is -1.91. The van der Waals surface area contributed by atoms with Gasteiger partial charge in [-0.05, 0) is 12.1 Å². The van der Waals surface area contributed by atoms with Gasteiger partial charge < -0.3 is 24.4 Å². The zero-order valence-corrected chi connectivity index (χ0v) is 13.5. The molecule has 2 aromatic carbocycles. The molecule has 0 aliphatic carbocycles. The molecule has 124 valence electrons. The van der Waals surface area contributed by atoms with E-state index in [1.165, 1.54) is 33.5 Å². The van der Waals surface area contributed by atoms with E-state index in [-0.39, 0.29) is 11.5 Å². The maximum atomic E-state index is 10.1. The first kappa shape index (κ1) is 15.7. The number of hydrogen-bond acceptors (Lipinski definition) is 5. The predicted octanol–water partition coefficient (Wildman–Crippen LogP) is 3.82. The monoisotopic (exact) mass is 329 g/mol. The van der Waals surface area contributed by atoms with E-state index in [0.717, 1.165) is 0 Å². The van der Waals surface area contributed by atoms with Gasteiger partial charge in [0.25, 0.3) is 0 Å². The summed E-state index contributed by atoms with van der Waals surface area (Å²) >= 11 is 0. The van der Waals surface area contributed by atoms with Crippen molar-refractivity contribution in [3.05, 3.63) is 36.4 Å². The SMILES string of the molecule is COc1cc(O)c2cc(OC)c(-c3ccc(OC)c(O)c3)[o+]c2c1. The molecule has 3 aromatic rings. The first-order chi connectivity index (χ1) is 11.6. The van der Waals surface area contributed by atoms with Crippen LogP contribution < -0.4 is 14.2 Å². The predicted molar refractivity (Wildman–Crippen MR) is 89.0 cm³/mol. The molecule has 0 spiro atoms. The number of rotatable bonds is 4. The van der Waals surface area contributed by atoms with Crippen LogP contribution in [0.3, 0.4) is 0 Å². The molecule has 0 radical (unpaired) electrons. The van der Waals surface area contributed by atoms with Gasteiger partial charge in [0.2, 0.25) is 5.75 Å². The van der Waals surface area contributed by atoms with Gasteiger partial charge in [-0.3, -0.25) is 0 Å². The van der Waals surface area contributed by atoms with Crippen LogP contribution in [0, 0.1) is 0 Å². The molecule has 1 aromatic heterocycles. The average molecular weight is 329 g/mol. The third kappa shape index (κ3) is 2.62. The molecule has 0 bridgehead atoms. The summed E-state index contributed by atoms with van der Waals surface area (Å²) in [6.45, 7) is 0. The van der Waals surface area contributed by atoms with Gasteiger partial charge in [-0.2, -0.15) is 0 Å². The Labute approximate surface area is 138 Å². The molecule has 1 heterocycles. The second-order valence-electron chi connectivity index (χ2n) is 5.09. The summed E-state index contributed by atoms with van der Waals surface area (Å²) in [5.74, 6) is 1.68. The van der Waals surface area contributed by atoms with Crippen molar-refractivity contribution < 1.29 is 28.8 Å². The number of phenolic OH excluding ortho intramolecular Hbond substituents is 2. The number of methoxy groups -OCH3 is 3. The lowest BCUT2D eigenvalue weighted by Gasteiger charge is -2.06. The topological polar surface area (TPSA) is 79.5 Å². The fourth-order valence-electron chi connectivity index (χ4n) is 2.48. The van der Waals surface area contributed by atoms with Gasteiger partial charge in [-0.15, -0.1) is 0 Å². The minimum absolute atomic E-state index is 0.0131. The summed E-state index contributed by atoms with van der Waals surface area (Å²) in [6.07, 6.45) is 0. The summed E-state index contributed by atoms with van der Waals surface area (Å²) in [6, 6.07) is 9.73. The molecule has 0 saturated heterocycles. The van der Waals surface area contributed by atoms with Gasteiger partial charge >= 0.3 is 11.3 Å². The van der Waals surface area contributed by atoms with Gasteiger partial charge in [-0.25, -0.2) is 4.42 Å². The molecule has 0 atom stereocenters. The first-order valence-electron chi connectivity index (χ1n) is 7.16. The maximum Gasteiger partial charge on any atom is 0.402 e. The Balaban J connectivity index is 2.24. The molecule has 0 unspecified atom stereocenters. The van der Waals surface area contributed by atoms with Crippen molar-refractivity contribution in [2.75, 3.05) is 21.3 Å². The number of benzene rings is 2. The van der Waals surface area contributed by atoms with E-state index in [0.29, 0.717) is 39.5 Å². The lowest BCUT2D eigenvalue weighted by molar-refractivity contribution is 0.373. The van der Waals surface area contributed by atoms with Crippen LogP contribution in [-0.2, 0) is 0 Å². The van der Waals surface area contributed by atoms with E-state index >= 15 is 0 Å².